The van der Waals surface area contributed by atoms with Gasteiger partial charge < -0.3 is 14.6 Å². The number of nitrogens with one attached hydrogen (secondary N) is 1. The fourth-order valence-electron chi connectivity index (χ4n) is 2.35. The van der Waals surface area contributed by atoms with Gasteiger partial charge in [0.15, 0.2) is 5.69 Å². The Balaban J connectivity index is 1.81. The molecule has 0 fully saturated rings. The zero-order chi connectivity index (χ0) is 19.4. The monoisotopic (exact) mass is 387 g/mol. The van der Waals surface area contributed by atoms with Crippen molar-refractivity contribution in [2.45, 2.75) is 13.5 Å². The molecule has 8 nitrogen and oxygen atoms in total. The molecule has 3 aromatic rings. The van der Waals surface area contributed by atoms with Gasteiger partial charge in [0.2, 0.25) is 0 Å². The molecular weight excluding hydrogens is 374 g/mol. The number of aryl methyl sites for hydroxylation is 1. The number of carbonyl (C=O) groups excluding carboxylic acids is 1. The van der Waals surface area contributed by atoms with Crippen LogP contribution in [0.3, 0.4) is 0 Å². The molecule has 1 amide bonds. The molecular formula is C18H14ClN3O5. The van der Waals surface area contributed by atoms with E-state index in [1.54, 1.807) is 19.1 Å². The molecule has 0 aliphatic carbocycles. The zero-order valence-electron chi connectivity index (χ0n) is 14.1. The molecule has 2 aromatic carbocycles. The highest BCUT2D eigenvalue weighted by Gasteiger charge is 2.23. The smallest absolute Gasteiger partial charge is 0.294 e. The molecule has 1 aromatic heterocycles. The molecule has 1 heterocycles. The second-order valence-corrected chi connectivity index (χ2v) is 5.98. The van der Waals surface area contributed by atoms with Gasteiger partial charge in [0.25, 0.3) is 11.6 Å². The Morgan fingerprint density at radius 2 is 2.04 bits per heavy atom. The molecule has 0 saturated heterocycles. The Bertz CT molecular complexity index is 988. The van der Waals surface area contributed by atoms with Gasteiger partial charge in [0.05, 0.1) is 10.5 Å². The summed E-state index contributed by atoms with van der Waals surface area (Å²) in [5.74, 6) is 0.392. The second-order valence-electron chi connectivity index (χ2n) is 5.54. The normalized spacial score (nSPS) is 10.4. The van der Waals surface area contributed by atoms with Gasteiger partial charge in [-0.15, -0.1) is 0 Å². The molecule has 3 rings (SSSR count). The predicted molar refractivity (Wildman–Crippen MR) is 98.1 cm³/mol. The fraction of sp³-hybridized carbons (Fsp3) is 0.111. The molecule has 0 saturated carbocycles. The van der Waals surface area contributed by atoms with E-state index in [4.69, 9.17) is 20.9 Å². The number of nitrogens with zero attached hydrogens (tertiary/aromatic N) is 2. The fourth-order valence-corrected chi connectivity index (χ4v) is 2.52. The lowest BCUT2D eigenvalue weighted by atomic mass is 10.2. The van der Waals surface area contributed by atoms with Crippen LogP contribution in [0.25, 0.3) is 0 Å². The van der Waals surface area contributed by atoms with Crippen molar-refractivity contribution in [1.82, 2.24) is 5.16 Å². The van der Waals surface area contributed by atoms with Gasteiger partial charge in [-0.3, -0.25) is 14.9 Å². The number of carbonyl (C=O) groups is 1. The van der Waals surface area contributed by atoms with E-state index in [1.807, 2.05) is 18.2 Å². The number of nitro groups is 1. The van der Waals surface area contributed by atoms with Crippen LogP contribution in [0, 0.1) is 17.0 Å². The van der Waals surface area contributed by atoms with Gasteiger partial charge >= 0.3 is 0 Å². The van der Waals surface area contributed by atoms with Crippen LogP contribution < -0.4 is 10.1 Å². The van der Waals surface area contributed by atoms with E-state index < -0.39 is 10.8 Å². The molecule has 0 atom stereocenters. The summed E-state index contributed by atoms with van der Waals surface area (Å²) >= 11 is 5.78. The highest BCUT2D eigenvalue weighted by atomic mass is 35.5. The van der Waals surface area contributed by atoms with Crippen molar-refractivity contribution in [2.75, 3.05) is 5.32 Å². The lowest BCUT2D eigenvalue weighted by Gasteiger charge is -2.08. The van der Waals surface area contributed by atoms with E-state index in [-0.39, 0.29) is 28.7 Å². The van der Waals surface area contributed by atoms with Gasteiger partial charge in [0, 0.05) is 11.1 Å². The van der Waals surface area contributed by atoms with E-state index >= 15 is 0 Å². The molecule has 9 heteroatoms. The summed E-state index contributed by atoms with van der Waals surface area (Å²) in [6.45, 7) is 1.71. The summed E-state index contributed by atoms with van der Waals surface area (Å²) < 4.78 is 10.7. The largest absolute Gasteiger partial charge is 0.489 e. The Kier molecular flexibility index (Phi) is 5.37. The number of benzene rings is 2. The van der Waals surface area contributed by atoms with Crippen LogP contribution in [0.1, 0.15) is 21.8 Å². The second kappa shape index (κ2) is 7.88. The molecule has 1 N–H and O–H groups in total. The number of hydrogen-bond acceptors (Lipinski definition) is 6. The number of halogens is 1. The van der Waals surface area contributed by atoms with Gasteiger partial charge in [0.1, 0.15) is 23.8 Å². The SMILES string of the molecule is Cc1onc(C(=O)Nc2ccc(Cl)cc2[N+](=O)[O-])c1COc1ccccc1. The van der Waals surface area contributed by atoms with Crippen molar-refractivity contribution in [3.05, 3.63) is 80.7 Å². The third kappa shape index (κ3) is 4.24. The Morgan fingerprint density at radius 3 is 2.74 bits per heavy atom. The molecule has 138 valence electrons. The first-order chi connectivity index (χ1) is 13.0. The number of ether oxygens (including phenoxy) is 1. The first-order valence-corrected chi connectivity index (χ1v) is 8.22. The van der Waals surface area contributed by atoms with Crippen LogP contribution in [0.15, 0.2) is 53.1 Å². The lowest BCUT2D eigenvalue weighted by Crippen LogP contribution is -2.16. The van der Waals surface area contributed by atoms with Gasteiger partial charge in [-0.2, -0.15) is 0 Å². The Labute approximate surface area is 158 Å². The van der Waals surface area contributed by atoms with E-state index in [0.29, 0.717) is 17.1 Å². The number of nitro benzene ring substituents is 1. The number of amides is 1. The summed E-state index contributed by atoms with van der Waals surface area (Å²) in [5.41, 5.74) is 0.129. The third-order valence-electron chi connectivity index (χ3n) is 3.73. The van der Waals surface area contributed by atoms with Crippen LogP contribution in [0.5, 0.6) is 5.75 Å². The summed E-state index contributed by atoms with van der Waals surface area (Å²) in [6.07, 6.45) is 0. The summed E-state index contributed by atoms with van der Waals surface area (Å²) in [4.78, 5) is 23.1. The molecule has 0 aliphatic heterocycles. The van der Waals surface area contributed by atoms with Crippen LogP contribution in [0.2, 0.25) is 5.02 Å². The van der Waals surface area contributed by atoms with Crippen molar-refractivity contribution in [3.8, 4) is 5.75 Å². The average molecular weight is 388 g/mol. The molecule has 0 radical (unpaired) electrons. The van der Waals surface area contributed by atoms with Crippen LogP contribution in [-0.4, -0.2) is 16.0 Å². The molecule has 0 aliphatic rings. The maximum absolute atomic E-state index is 12.6. The number of anilines is 1. The summed E-state index contributed by atoms with van der Waals surface area (Å²) in [5, 5.41) is 17.6. The maximum Gasteiger partial charge on any atom is 0.294 e. The van der Waals surface area contributed by atoms with Crippen LogP contribution in [-0.2, 0) is 6.61 Å². The van der Waals surface area contributed by atoms with Crippen molar-refractivity contribution >= 4 is 28.9 Å². The third-order valence-corrected chi connectivity index (χ3v) is 3.97. The molecule has 0 spiro atoms. The Morgan fingerprint density at radius 1 is 1.30 bits per heavy atom. The summed E-state index contributed by atoms with van der Waals surface area (Å²) in [6, 6.07) is 13.0. The predicted octanol–water partition coefficient (Wildman–Crippen LogP) is 4.38. The molecule has 27 heavy (non-hydrogen) atoms. The van der Waals surface area contributed by atoms with Crippen molar-refractivity contribution in [2.24, 2.45) is 0 Å². The van der Waals surface area contributed by atoms with Gasteiger partial charge in [-0.25, -0.2) is 0 Å². The van der Waals surface area contributed by atoms with E-state index in [2.05, 4.69) is 10.5 Å². The topological polar surface area (TPSA) is 108 Å². The van der Waals surface area contributed by atoms with Crippen LogP contribution in [0.4, 0.5) is 11.4 Å². The minimum absolute atomic E-state index is 0.00461. The average Bonchev–Trinajstić information content (AvgIpc) is 3.03. The van der Waals surface area contributed by atoms with Crippen LogP contribution >= 0.6 is 11.6 Å². The highest BCUT2D eigenvalue weighted by molar-refractivity contribution is 6.31. The van der Waals surface area contributed by atoms with Gasteiger partial charge in [-0.05, 0) is 31.2 Å². The lowest BCUT2D eigenvalue weighted by molar-refractivity contribution is -0.383. The van der Waals surface area contributed by atoms with E-state index in [1.165, 1.54) is 12.1 Å². The maximum atomic E-state index is 12.6. The minimum Gasteiger partial charge on any atom is -0.489 e. The summed E-state index contributed by atoms with van der Waals surface area (Å²) in [7, 11) is 0. The number of rotatable bonds is 6. The van der Waals surface area contributed by atoms with Crippen molar-refractivity contribution in [1.29, 1.82) is 0 Å². The minimum atomic E-state index is -0.649. The Hall–Kier alpha value is -3.39. The number of hydrogen-bond donors (Lipinski definition) is 1. The number of aromatic nitrogens is 1. The highest BCUT2D eigenvalue weighted by Crippen LogP contribution is 2.28. The van der Waals surface area contributed by atoms with Crippen molar-refractivity contribution in [3.63, 3.8) is 0 Å². The first-order valence-electron chi connectivity index (χ1n) is 7.84. The van der Waals surface area contributed by atoms with E-state index in [0.717, 1.165) is 6.07 Å². The number of para-hydroxylation sites is 1. The standard InChI is InChI=1S/C18H14ClN3O5/c1-11-14(10-26-13-5-3-2-4-6-13)17(21-27-11)18(23)20-15-8-7-12(19)9-16(15)22(24)25/h2-9H,10H2,1H3,(H,20,23). The van der Waals surface area contributed by atoms with E-state index in [9.17, 15) is 14.9 Å². The zero-order valence-corrected chi connectivity index (χ0v) is 14.9. The quantitative estimate of drug-likeness (QED) is 0.496. The first kappa shape index (κ1) is 18.4. The van der Waals surface area contributed by atoms with Gasteiger partial charge in [-0.1, -0.05) is 35.0 Å². The van der Waals surface area contributed by atoms with Crippen molar-refractivity contribution < 1.29 is 19.0 Å². The molecule has 0 bridgehead atoms. The molecule has 0 unspecified atom stereocenters.